The minimum absolute atomic E-state index is 0. The van der Waals surface area contributed by atoms with E-state index < -0.39 is 6.10 Å². The van der Waals surface area contributed by atoms with Crippen molar-refractivity contribution in [3.63, 3.8) is 0 Å². The molecule has 0 spiro atoms. The summed E-state index contributed by atoms with van der Waals surface area (Å²) < 4.78 is 18.8. The van der Waals surface area contributed by atoms with E-state index >= 15 is 0 Å². The number of nitrogens with one attached hydrogen (secondary N) is 1. The third-order valence-corrected chi connectivity index (χ3v) is 3.72. The van der Waals surface area contributed by atoms with Crippen molar-refractivity contribution in [3.05, 3.63) is 35.6 Å². The molecule has 2 aliphatic rings. The predicted molar refractivity (Wildman–Crippen MR) is 79.8 cm³/mol. The van der Waals surface area contributed by atoms with Gasteiger partial charge in [-0.25, -0.2) is 4.39 Å². The van der Waals surface area contributed by atoms with Gasteiger partial charge < -0.3 is 15.0 Å². The number of amides is 1. The largest absolute Gasteiger partial charge is 0.366 e. The molecule has 1 saturated carbocycles. The molecule has 4 nitrogen and oxygen atoms in total. The van der Waals surface area contributed by atoms with E-state index in [0.29, 0.717) is 19.7 Å². The average Bonchev–Trinajstić information content (AvgIpc) is 3.30. The lowest BCUT2D eigenvalue weighted by atomic mass is 10.2. The molecular formula is C15H20ClFN2O2. The predicted octanol–water partition coefficient (Wildman–Crippen LogP) is 1.73. The van der Waals surface area contributed by atoms with E-state index in [-0.39, 0.29) is 30.2 Å². The van der Waals surface area contributed by atoms with Crippen LogP contribution >= 0.6 is 12.4 Å². The molecule has 1 atom stereocenters. The first kappa shape index (κ1) is 16.2. The first-order valence-electron chi connectivity index (χ1n) is 7.11. The first-order valence-corrected chi connectivity index (χ1v) is 7.11. The summed E-state index contributed by atoms with van der Waals surface area (Å²) in [5.41, 5.74) is 0.828. The van der Waals surface area contributed by atoms with Crippen LogP contribution in [0.5, 0.6) is 0 Å². The van der Waals surface area contributed by atoms with Crippen LogP contribution in [0.15, 0.2) is 24.3 Å². The zero-order chi connectivity index (χ0) is 13.9. The molecule has 1 heterocycles. The molecule has 6 heteroatoms. The number of benzene rings is 1. The van der Waals surface area contributed by atoms with Crippen LogP contribution in [0.4, 0.5) is 4.39 Å². The molecule has 0 aromatic heterocycles. The van der Waals surface area contributed by atoms with Gasteiger partial charge in [0.15, 0.2) is 0 Å². The molecule has 1 aromatic carbocycles. The van der Waals surface area contributed by atoms with Crippen LogP contribution in [0.2, 0.25) is 0 Å². The summed E-state index contributed by atoms with van der Waals surface area (Å²) in [5.74, 6) is -0.245. The highest BCUT2D eigenvalue weighted by atomic mass is 35.5. The van der Waals surface area contributed by atoms with Crippen molar-refractivity contribution in [2.24, 2.45) is 0 Å². The van der Waals surface area contributed by atoms with Gasteiger partial charge in [0.25, 0.3) is 5.91 Å². The van der Waals surface area contributed by atoms with Crippen molar-refractivity contribution >= 4 is 18.3 Å². The Morgan fingerprint density at radius 1 is 1.43 bits per heavy atom. The summed E-state index contributed by atoms with van der Waals surface area (Å²) in [6.45, 7) is 2.37. The van der Waals surface area contributed by atoms with E-state index in [4.69, 9.17) is 4.74 Å². The number of halogens is 2. The average molecular weight is 315 g/mol. The maximum atomic E-state index is 13.3. The minimum Gasteiger partial charge on any atom is -0.366 e. The summed E-state index contributed by atoms with van der Waals surface area (Å²) >= 11 is 0. The van der Waals surface area contributed by atoms with Crippen LogP contribution < -0.4 is 5.32 Å². The van der Waals surface area contributed by atoms with Crippen LogP contribution in [0.1, 0.15) is 18.4 Å². The van der Waals surface area contributed by atoms with E-state index in [1.165, 1.54) is 12.1 Å². The number of hydrogen-bond donors (Lipinski definition) is 1. The lowest BCUT2D eigenvalue weighted by Crippen LogP contribution is -2.49. The molecule has 1 unspecified atom stereocenters. The van der Waals surface area contributed by atoms with Gasteiger partial charge in [-0.3, -0.25) is 4.79 Å². The lowest BCUT2D eigenvalue weighted by Gasteiger charge is -2.30. The fraction of sp³-hybridized carbons (Fsp3) is 0.533. The van der Waals surface area contributed by atoms with Crippen molar-refractivity contribution < 1.29 is 13.9 Å². The molecule has 1 saturated heterocycles. The second-order valence-corrected chi connectivity index (χ2v) is 5.39. The van der Waals surface area contributed by atoms with Gasteiger partial charge in [0, 0.05) is 25.7 Å². The second-order valence-electron chi connectivity index (χ2n) is 5.39. The Balaban J connectivity index is 0.00000161. The number of morpholine rings is 1. The van der Waals surface area contributed by atoms with E-state index in [2.05, 4.69) is 5.32 Å². The fourth-order valence-corrected chi connectivity index (χ4v) is 2.51. The molecule has 0 bridgehead atoms. The third kappa shape index (κ3) is 4.15. The molecular weight excluding hydrogens is 295 g/mol. The van der Waals surface area contributed by atoms with Crippen LogP contribution in [0, 0.1) is 5.82 Å². The van der Waals surface area contributed by atoms with Gasteiger partial charge in [0.1, 0.15) is 11.9 Å². The Morgan fingerprint density at radius 2 is 2.24 bits per heavy atom. The number of rotatable bonds is 4. The van der Waals surface area contributed by atoms with Crippen LogP contribution in [0.3, 0.4) is 0 Å². The van der Waals surface area contributed by atoms with Crippen molar-refractivity contribution in [2.45, 2.75) is 31.5 Å². The molecule has 1 aromatic rings. The topological polar surface area (TPSA) is 41.6 Å². The van der Waals surface area contributed by atoms with Gasteiger partial charge in [-0.15, -0.1) is 12.4 Å². The summed E-state index contributed by atoms with van der Waals surface area (Å²) in [6.07, 6.45) is 1.65. The zero-order valence-electron chi connectivity index (χ0n) is 11.8. The minimum atomic E-state index is -0.405. The quantitative estimate of drug-likeness (QED) is 0.920. The smallest absolute Gasteiger partial charge is 0.253 e. The SMILES string of the molecule is Cl.O=C(C1CNCCO1)N(Cc1cccc(F)c1)C1CC1. The van der Waals surface area contributed by atoms with Gasteiger partial charge in [-0.05, 0) is 30.5 Å². The number of hydrogen-bond acceptors (Lipinski definition) is 3. The Kier molecular flexibility index (Phi) is 5.56. The molecule has 3 rings (SSSR count). The maximum absolute atomic E-state index is 13.3. The number of carbonyl (C=O) groups excluding carboxylic acids is 1. The molecule has 1 amide bonds. The highest BCUT2D eigenvalue weighted by Gasteiger charge is 2.36. The van der Waals surface area contributed by atoms with Crippen molar-refractivity contribution in [3.8, 4) is 0 Å². The fourth-order valence-electron chi connectivity index (χ4n) is 2.51. The Morgan fingerprint density at radius 3 is 2.86 bits per heavy atom. The maximum Gasteiger partial charge on any atom is 0.253 e. The summed E-state index contributed by atoms with van der Waals surface area (Å²) in [4.78, 5) is 14.4. The molecule has 116 valence electrons. The van der Waals surface area contributed by atoms with Crippen molar-refractivity contribution in [1.82, 2.24) is 10.2 Å². The van der Waals surface area contributed by atoms with E-state index in [1.807, 2.05) is 11.0 Å². The van der Waals surface area contributed by atoms with Crippen molar-refractivity contribution in [1.29, 1.82) is 0 Å². The third-order valence-electron chi connectivity index (χ3n) is 3.72. The van der Waals surface area contributed by atoms with Crippen LogP contribution in [0.25, 0.3) is 0 Å². The highest BCUT2D eigenvalue weighted by Crippen LogP contribution is 2.29. The summed E-state index contributed by atoms with van der Waals surface area (Å²) in [6, 6.07) is 6.73. The van der Waals surface area contributed by atoms with Gasteiger partial charge >= 0.3 is 0 Å². The molecule has 1 aliphatic heterocycles. The molecule has 21 heavy (non-hydrogen) atoms. The van der Waals surface area contributed by atoms with E-state index in [0.717, 1.165) is 24.9 Å². The van der Waals surface area contributed by atoms with Crippen molar-refractivity contribution in [2.75, 3.05) is 19.7 Å². The van der Waals surface area contributed by atoms with Gasteiger partial charge in [-0.1, -0.05) is 12.1 Å². The Hall–Kier alpha value is -1.17. The van der Waals surface area contributed by atoms with Gasteiger partial charge in [-0.2, -0.15) is 0 Å². The zero-order valence-corrected chi connectivity index (χ0v) is 12.6. The monoisotopic (exact) mass is 314 g/mol. The lowest BCUT2D eigenvalue weighted by molar-refractivity contribution is -0.146. The molecule has 1 aliphatic carbocycles. The standard InChI is InChI=1S/C15H19FN2O2.ClH/c16-12-3-1-2-11(8-12)10-18(13-4-5-13)15(19)14-9-17-6-7-20-14;/h1-3,8,13-14,17H,4-7,9-10H2;1H. The Bertz CT molecular complexity index is 490. The van der Waals surface area contributed by atoms with Gasteiger partial charge in [0.05, 0.1) is 6.61 Å². The highest BCUT2D eigenvalue weighted by molar-refractivity contribution is 5.85. The van der Waals surface area contributed by atoms with E-state index in [1.54, 1.807) is 6.07 Å². The van der Waals surface area contributed by atoms with Crippen LogP contribution in [-0.2, 0) is 16.1 Å². The summed E-state index contributed by atoms with van der Waals surface area (Å²) in [7, 11) is 0. The Labute approximate surface area is 130 Å². The first-order chi connectivity index (χ1) is 9.74. The van der Waals surface area contributed by atoms with E-state index in [9.17, 15) is 9.18 Å². The number of ether oxygens (including phenoxy) is 1. The normalized spacial score (nSPS) is 21.5. The molecule has 0 radical (unpaired) electrons. The van der Waals surface area contributed by atoms with Crippen LogP contribution in [-0.4, -0.2) is 42.6 Å². The molecule has 2 fully saturated rings. The number of carbonyl (C=O) groups is 1. The molecule has 1 N–H and O–H groups in total. The second kappa shape index (κ2) is 7.20. The van der Waals surface area contributed by atoms with Gasteiger partial charge in [0.2, 0.25) is 0 Å². The number of nitrogens with zero attached hydrogens (tertiary/aromatic N) is 1. The summed E-state index contributed by atoms with van der Waals surface area (Å²) in [5, 5.41) is 3.17.